The Morgan fingerprint density at radius 3 is 2.62 bits per heavy atom. The summed E-state index contributed by atoms with van der Waals surface area (Å²) in [5, 5.41) is 3.49. The number of benzene rings is 1. The molecular formula is C14H21NO. The van der Waals surface area contributed by atoms with Gasteiger partial charge in [0, 0.05) is 12.0 Å². The zero-order chi connectivity index (χ0) is 11.4. The Morgan fingerprint density at radius 2 is 2.06 bits per heavy atom. The molecule has 2 heteroatoms. The molecule has 2 atom stereocenters. The van der Waals surface area contributed by atoms with Crippen molar-refractivity contribution in [1.82, 2.24) is 5.32 Å². The van der Waals surface area contributed by atoms with E-state index >= 15 is 0 Å². The van der Waals surface area contributed by atoms with Crippen molar-refractivity contribution in [3.63, 3.8) is 0 Å². The minimum Gasteiger partial charge on any atom is -0.494 e. The number of rotatable bonds is 4. The number of hydrogen-bond donors (Lipinski definition) is 1. The molecule has 1 aliphatic rings. The molecule has 0 saturated carbocycles. The van der Waals surface area contributed by atoms with Gasteiger partial charge in [-0.15, -0.1) is 0 Å². The first-order valence-electron chi connectivity index (χ1n) is 6.27. The van der Waals surface area contributed by atoms with Gasteiger partial charge in [-0.25, -0.2) is 0 Å². The summed E-state index contributed by atoms with van der Waals surface area (Å²) in [4.78, 5) is 0. The van der Waals surface area contributed by atoms with E-state index in [0.717, 1.165) is 25.3 Å². The van der Waals surface area contributed by atoms with Gasteiger partial charge in [-0.3, -0.25) is 0 Å². The summed E-state index contributed by atoms with van der Waals surface area (Å²) in [5.41, 5.74) is 1.43. The van der Waals surface area contributed by atoms with Crippen LogP contribution >= 0.6 is 0 Å². The Bertz CT molecular complexity index is 320. The minimum absolute atomic E-state index is 0.599. The van der Waals surface area contributed by atoms with Crippen LogP contribution in [0.2, 0.25) is 0 Å². The molecule has 1 saturated heterocycles. The van der Waals surface area contributed by atoms with Crippen molar-refractivity contribution in [3.8, 4) is 5.75 Å². The highest BCUT2D eigenvalue weighted by atomic mass is 16.5. The van der Waals surface area contributed by atoms with E-state index in [1.807, 2.05) is 0 Å². The summed E-state index contributed by atoms with van der Waals surface area (Å²) in [5.74, 6) is 1.66. The maximum atomic E-state index is 5.58. The van der Waals surface area contributed by atoms with E-state index in [1.165, 1.54) is 12.0 Å². The molecule has 88 valence electrons. The SMILES string of the molecule is CCCOc1ccc(C2CCNC2C)cc1. The number of ether oxygens (including phenoxy) is 1. The predicted octanol–water partition coefficient (Wildman–Crippen LogP) is 2.94. The fourth-order valence-electron chi connectivity index (χ4n) is 2.35. The highest BCUT2D eigenvalue weighted by Crippen LogP contribution is 2.28. The first kappa shape index (κ1) is 11.5. The third-order valence-corrected chi connectivity index (χ3v) is 3.31. The van der Waals surface area contributed by atoms with E-state index in [-0.39, 0.29) is 0 Å². The summed E-state index contributed by atoms with van der Waals surface area (Å²) >= 11 is 0. The van der Waals surface area contributed by atoms with Crippen LogP contribution in [0.4, 0.5) is 0 Å². The van der Waals surface area contributed by atoms with Gasteiger partial charge in [-0.1, -0.05) is 19.1 Å². The van der Waals surface area contributed by atoms with E-state index < -0.39 is 0 Å². The molecule has 1 fully saturated rings. The molecule has 0 aromatic heterocycles. The topological polar surface area (TPSA) is 21.3 Å². The molecule has 0 radical (unpaired) electrons. The normalized spacial score (nSPS) is 24.6. The summed E-state index contributed by atoms with van der Waals surface area (Å²) in [6, 6.07) is 9.20. The van der Waals surface area contributed by atoms with Crippen LogP contribution in [0.15, 0.2) is 24.3 Å². The maximum Gasteiger partial charge on any atom is 0.119 e. The summed E-state index contributed by atoms with van der Waals surface area (Å²) in [7, 11) is 0. The molecule has 2 nitrogen and oxygen atoms in total. The van der Waals surface area contributed by atoms with Gasteiger partial charge in [0.15, 0.2) is 0 Å². The van der Waals surface area contributed by atoms with Crippen molar-refractivity contribution >= 4 is 0 Å². The Kier molecular flexibility index (Phi) is 3.83. The first-order valence-corrected chi connectivity index (χ1v) is 6.27. The zero-order valence-corrected chi connectivity index (χ0v) is 10.2. The van der Waals surface area contributed by atoms with Gasteiger partial charge in [0.25, 0.3) is 0 Å². The van der Waals surface area contributed by atoms with Crippen molar-refractivity contribution in [1.29, 1.82) is 0 Å². The van der Waals surface area contributed by atoms with Gasteiger partial charge in [-0.05, 0) is 44.0 Å². The lowest BCUT2D eigenvalue weighted by molar-refractivity contribution is 0.317. The lowest BCUT2D eigenvalue weighted by Gasteiger charge is -2.15. The van der Waals surface area contributed by atoms with Crippen molar-refractivity contribution in [2.24, 2.45) is 0 Å². The first-order chi connectivity index (χ1) is 7.81. The minimum atomic E-state index is 0.599. The zero-order valence-electron chi connectivity index (χ0n) is 10.2. The van der Waals surface area contributed by atoms with Gasteiger partial charge in [0.1, 0.15) is 5.75 Å². The Balaban J connectivity index is 2.01. The van der Waals surface area contributed by atoms with Crippen LogP contribution < -0.4 is 10.1 Å². The molecule has 2 rings (SSSR count). The highest BCUT2D eigenvalue weighted by molar-refractivity contribution is 5.30. The quantitative estimate of drug-likeness (QED) is 0.840. The molecule has 16 heavy (non-hydrogen) atoms. The van der Waals surface area contributed by atoms with Gasteiger partial charge >= 0.3 is 0 Å². The molecule has 0 spiro atoms. The third-order valence-electron chi connectivity index (χ3n) is 3.31. The van der Waals surface area contributed by atoms with Gasteiger partial charge in [-0.2, -0.15) is 0 Å². The Labute approximate surface area is 98.0 Å². The Hall–Kier alpha value is -1.02. The second-order valence-corrected chi connectivity index (χ2v) is 4.56. The second kappa shape index (κ2) is 5.35. The monoisotopic (exact) mass is 219 g/mol. The van der Waals surface area contributed by atoms with Crippen LogP contribution in [0.5, 0.6) is 5.75 Å². The molecule has 0 bridgehead atoms. The lowest BCUT2D eigenvalue weighted by atomic mass is 9.93. The van der Waals surface area contributed by atoms with Crippen LogP contribution in [0.25, 0.3) is 0 Å². The average molecular weight is 219 g/mol. The van der Waals surface area contributed by atoms with Gasteiger partial charge in [0.2, 0.25) is 0 Å². The van der Waals surface area contributed by atoms with Crippen LogP contribution in [-0.2, 0) is 0 Å². The Morgan fingerprint density at radius 1 is 1.31 bits per heavy atom. The molecule has 1 aromatic rings. The van der Waals surface area contributed by atoms with Crippen LogP contribution in [-0.4, -0.2) is 19.2 Å². The van der Waals surface area contributed by atoms with Crippen LogP contribution in [0.3, 0.4) is 0 Å². The summed E-state index contributed by atoms with van der Waals surface area (Å²) in [6.45, 7) is 6.33. The maximum absolute atomic E-state index is 5.58. The van der Waals surface area contributed by atoms with Crippen molar-refractivity contribution in [2.45, 2.75) is 38.6 Å². The third kappa shape index (κ3) is 2.56. The fraction of sp³-hybridized carbons (Fsp3) is 0.571. The average Bonchev–Trinajstić information content (AvgIpc) is 2.74. The predicted molar refractivity (Wildman–Crippen MR) is 67.1 cm³/mol. The smallest absolute Gasteiger partial charge is 0.119 e. The van der Waals surface area contributed by atoms with Crippen molar-refractivity contribution in [2.75, 3.05) is 13.2 Å². The molecule has 0 aliphatic carbocycles. The van der Waals surface area contributed by atoms with E-state index in [0.29, 0.717) is 12.0 Å². The standard InChI is InChI=1S/C14H21NO/c1-3-10-16-13-6-4-12(5-7-13)14-8-9-15-11(14)2/h4-7,11,14-15H,3,8-10H2,1-2H3. The highest BCUT2D eigenvalue weighted by Gasteiger charge is 2.23. The molecule has 1 aliphatic heterocycles. The number of hydrogen-bond acceptors (Lipinski definition) is 2. The van der Waals surface area contributed by atoms with E-state index in [4.69, 9.17) is 4.74 Å². The molecule has 2 unspecified atom stereocenters. The molecule has 1 N–H and O–H groups in total. The van der Waals surface area contributed by atoms with Gasteiger partial charge in [0.05, 0.1) is 6.61 Å². The van der Waals surface area contributed by atoms with E-state index in [1.54, 1.807) is 0 Å². The molecule has 1 heterocycles. The van der Waals surface area contributed by atoms with Crippen molar-refractivity contribution in [3.05, 3.63) is 29.8 Å². The van der Waals surface area contributed by atoms with E-state index in [9.17, 15) is 0 Å². The van der Waals surface area contributed by atoms with Crippen LogP contribution in [0, 0.1) is 0 Å². The van der Waals surface area contributed by atoms with Gasteiger partial charge < -0.3 is 10.1 Å². The lowest BCUT2D eigenvalue weighted by Crippen LogP contribution is -2.21. The summed E-state index contributed by atoms with van der Waals surface area (Å²) < 4.78 is 5.58. The van der Waals surface area contributed by atoms with Crippen LogP contribution in [0.1, 0.15) is 38.2 Å². The fourth-order valence-corrected chi connectivity index (χ4v) is 2.35. The number of nitrogens with one attached hydrogen (secondary N) is 1. The van der Waals surface area contributed by atoms with E-state index in [2.05, 4.69) is 43.4 Å². The van der Waals surface area contributed by atoms with Crippen molar-refractivity contribution < 1.29 is 4.74 Å². The molecule has 1 aromatic carbocycles. The molecular weight excluding hydrogens is 198 g/mol. The summed E-state index contributed by atoms with van der Waals surface area (Å²) in [6.07, 6.45) is 2.31. The molecule has 0 amide bonds. The second-order valence-electron chi connectivity index (χ2n) is 4.56. The largest absolute Gasteiger partial charge is 0.494 e.